The second kappa shape index (κ2) is 11.2. The van der Waals surface area contributed by atoms with E-state index in [2.05, 4.69) is 27.7 Å². The maximum atomic E-state index is 12.8. The Kier molecular flexibility index (Phi) is 8.03. The first kappa shape index (κ1) is 21.6. The summed E-state index contributed by atoms with van der Waals surface area (Å²) in [6.07, 6.45) is 1.27. The summed E-state index contributed by atoms with van der Waals surface area (Å²) < 4.78 is 0. The Labute approximate surface area is 181 Å². The molecule has 0 fully saturated rings. The van der Waals surface area contributed by atoms with Crippen molar-refractivity contribution in [3.63, 3.8) is 0 Å². The van der Waals surface area contributed by atoms with Gasteiger partial charge in [0.25, 0.3) is 5.91 Å². The Morgan fingerprint density at radius 3 is 2.33 bits per heavy atom. The zero-order valence-electron chi connectivity index (χ0n) is 17.1. The first-order valence-electron chi connectivity index (χ1n) is 10.1. The Hall–Kier alpha value is -3.12. The third-order valence-corrected chi connectivity index (χ3v) is 5.68. The SMILES string of the molecule is CN(CCCNC(=O)C(Cc1ccccc1)NC(=O)c1cccs1)c1ccccc1. The molecule has 0 spiro atoms. The number of carbonyl (C=O) groups excluding carboxylic acids is 2. The van der Waals surface area contributed by atoms with Crippen LogP contribution >= 0.6 is 11.3 Å². The second-order valence-corrected chi connectivity index (χ2v) is 8.04. The van der Waals surface area contributed by atoms with E-state index in [9.17, 15) is 9.59 Å². The maximum Gasteiger partial charge on any atom is 0.262 e. The van der Waals surface area contributed by atoms with Gasteiger partial charge in [-0.05, 0) is 35.6 Å². The predicted molar refractivity (Wildman–Crippen MR) is 123 cm³/mol. The lowest BCUT2D eigenvalue weighted by atomic mass is 10.1. The summed E-state index contributed by atoms with van der Waals surface area (Å²) in [5.74, 6) is -0.379. The zero-order chi connectivity index (χ0) is 21.2. The summed E-state index contributed by atoms with van der Waals surface area (Å²) in [6, 6.07) is 22.9. The van der Waals surface area contributed by atoms with E-state index in [4.69, 9.17) is 0 Å². The fourth-order valence-electron chi connectivity index (χ4n) is 3.16. The van der Waals surface area contributed by atoms with Crippen LogP contribution in [0.3, 0.4) is 0 Å². The normalized spacial score (nSPS) is 11.5. The van der Waals surface area contributed by atoms with E-state index < -0.39 is 6.04 Å². The lowest BCUT2D eigenvalue weighted by molar-refractivity contribution is -0.122. The highest BCUT2D eigenvalue weighted by Crippen LogP contribution is 2.11. The Morgan fingerprint density at radius 2 is 1.67 bits per heavy atom. The fraction of sp³-hybridized carbons (Fsp3) is 0.250. The lowest BCUT2D eigenvalue weighted by Gasteiger charge is -2.21. The second-order valence-electron chi connectivity index (χ2n) is 7.09. The Morgan fingerprint density at radius 1 is 0.967 bits per heavy atom. The number of benzene rings is 2. The monoisotopic (exact) mass is 421 g/mol. The number of hydrogen-bond donors (Lipinski definition) is 2. The van der Waals surface area contributed by atoms with Crippen molar-refractivity contribution in [2.24, 2.45) is 0 Å². The number of para-hydroxylation sites is 1. The van der Waals surface area contributed by atoms with Gasteiger partial charge in [0.2, 0.25) is 5.91 Å². The van der Waals surface area contributed by atoms with Gasteiger partial charge in [0, 0.05) is 32.2 Å². The third kappa shape index (κ3) is 6.46. The zero-order valence-corrected chi connectivity index (χ0v) is 17.9. The fourth-order valence-corrected chi connectivity index (χ4v) is 3.79. The van der Waals surface area contributed by atoms with Gasteiger partial charge >= 0.3 is 0 Å². The first-order chi connectivity index (χ1) is 14.6. The molecule has 0 bridgehead atoms. The Bertz CT molecular complexity index is 914. The highest BCUT2D eigenvalue weighted by Gasteiger charge is 2.22. The third-order valence-electron chi connectivity index (χ3n) is 4.82. The molecule has 0 aliphatic carbocycles. The van der Waals surface area contributed by atoms with E-state index in [-0.39, 0.29) is 11.8 Å². The van der Waals surface area contributed by atoms with Gasteiger partial charge in [-0.15, -0.1) is 11.3 Å². The molecule has 0 aliphatic rings. The van der Waals surface area contributed by atoms with Crippen LogP contribution in [-0.2, 0) is 11.2 Å². The lowest BCUT2D eigenvalue weighted by Crippen LogP contribution is -2.48. The van der Waals surface area contributed by atoms with Crippen LogP contribution in [0.1, 0.15) is 21.7 Å². The van der Waals surface area contributed by atoms with Crippen LogP contribution < -0.4 is 15.5 Å². The van der Waals surface area contributed by atoms with Gasteiger partial charge in [0.1, 0.15) is 6.04 Å². The molecule has 1 aromatic heterocycles. The van der Waals surface area contributed by atoms with E-state index in [1.165, 1.54) is 11.3 Å². The van der Waals surface area contributed by atoms with E-state index in [1.807, 2.05) is 67.0 Å². The van der Waals surface area contributed by atoms with Crippen molar-refractivity contribution in [1.29, 1.82) is 0 Å². The minimum absolute atomic E-state index is 0.161. The first-order valence-corrected chi connectivity index (χ1v) is 10.9. The van der Waals surface area contributed by atoms with Gasteiger partial charge in [-0.2, -0.15) is 0 Å². The minimum atomic E-state index is -0.617. The molecular formula is C24H27N3O2S. The number of rotatable bonds is 10. The van der Waals surface area contributed by atoms with E-state index in [0.717, 1.165) is 24.2 Å². The van der Waals surface area contributed by atoms with Crippen molar-refractivity contribution in [2.45, 2.75) is 18.9 Å². The molecule has 0 radical (unpaired) electrons. The summed E-state index contributed by atoms with van der Waals surface area (Å²) in [5, 5.41) is 7.73. The van der Waals surface area contributed by atoms with Crippen molar-refractivity contribution >= 4 is 28.8 Å². The van der Waals surface area contributed by atoms with E-state index >= 15 is 0 Å². The molecule has 0 saturated heterocycles. The van der Waals surface area contributed by atoms with Crippen LogP contribution in [0.5, 0.6) is 0 Å². The summed E-state index contributed by atoms with van der Waals surface area (Å²) in [7, 11) is 2.04. The van der Waals surface area contributed by atoms with Crippen molar-refractivity contribution in [3.8, 4) is 0 Å². The van der Waals surface area contributed by atoms with Gasteiger partial charge in [-0.3, -0.25) is 9.59 Å². The van der Waals surface area contributed by atoms with Crippen LogP contribution in [0, 0.1) is 0 Å². The van der Waals surface area contributed by atoms with Gasteiger partial charge in [-0.1, -0.05) is 54.6 Å². The van der Waals surface area contributed by atoms with Gasteiger partial charge in [0.15, 0.2) is 0 Å². The highest BCUT2D eigenvalue weighted by molar-refractivity contribution is 7.12. The summed E-state index contributed by atoms with van der Waals surface area (Å²) in [4.78, 5) is 28.1. The maximum absolute atomic E-state index is 12.8. The van der Waals surface area contributed by atoms with Gasteiger partial charge < -0.3 is 15.5 Å². The summed E-state index contributed by atoms with van der Waals surface area (Å²) >= 11 is 1.36. The molecule has 1 heterocycles. The number of hydrogen-bond acceptors (Lipinski definition) is 4. The topological polar surface area (TPSA) is 61.4 Å². The molecule has 30 heavy (non-hydrogen) atoms. The van der Waals surface area contributed by atoms with E-state index in [0.29, 0.717) is 17.8 Å². The molecule has 1 atom stereocenters. The number of nitrogens with zero attached hydrogens (tertiary/aromatic N) is 1. The summed E-state index contributed by atoms with van der Waals surface area (Å²) in [6.45, 7) is 1.38. The minimum Gasteiger partial charge on any atom is -0.375 e. The van der Waals surface area contributed by atoms with Crippen LogP contribution in [0.15, 0.2) is 78.2 Å². The summed E-state index contributed by atoms with van der Waals surface area (Å²) in [5.41, 5.74) is 2.15. The number of anilines is 1. The Balaban J connectivity index is 1.54. The van der Waals surface area contributed by atoms with Crippen LogP contribution in [0.25, 0.3) is 0 Å². The average Bonchev–Trinajstić information content (AvgIpc) is 3.32. The molecular weight excluding hydrogens is 394 g/mol. The molecule has 2 aromatic carbocycles. The van der Waals surface area contributed by atoms with Gasteiger partial charge in [-0.25, -0.2) is 0 Å². The van der Waals surface area contributed by atoms with Crippen LogP contribution in [0.2, 0.25) is 0 Å². The molecule has 2 amide bonds. The van der Waals surface area contributed by atoms with Crippen LogP contribution in [0.4, 0.5) is 5.69 Å². The quantitative estimate of drug-likeness (QED) is 0.491. The molecule has 1 unspecified atom stereocenters. The molecule has 5 nitrogen and oxygen atoms in total. The molecule has 0 aliphatic heterocycles. The standard InChI is InChI=1S/C24H27N3O2S/c1-27(20-12-6-3-7-13-20)16-9-15-25-23(28)21(18-19-10-4-2-5-11-19)26-24(29)22-14-8-17-30-22/h2-8,10-14,17,21H,9,15-16,18H2,1H3,(H,25,28)(H,26,29). The van der Waals surface area contributed by atoms with Crippen LogP contribution in [-0.4, -0.2) is 38.0 Å². The number of nitrogens with one attached hydrogen (secondary N) is 2. The number of thiophene rings is 1. The van der Waals surface area contributed by atoms with E-state index in [1.54, 1.807) is 6.07 Å². The molecule has 3 aromatic rings. The molecule has 3 rings (SSSR count). The molecule has 2 N–H and O–H groups in total. The van der Waals surface area contributed by atoms with Crippen molar-refractivity contribution in [3.05, 3.63) is 88.6 Å². The molecule has 0 saturated carbocycles. The molecule has 156 valence electrons. The van der Waals surface area contributed by atoms with Gasteiger partial charge in [0.05, 0.1) is 4.88 Å². The number of carbonyl (C=O) groups is 2. The molecule has 6 heteroatoms. The average molecular weight is 422 g/mol. The smallest absolute Gasteiger partial charge is 0.262 e. The van der Waals surface area contributed by atoms with Crippen molar-refractivity contribution < 1.29 is 9.59 Å². The predicted octanol–water partition coefficient (Wildman–Crippen LogP) is 3.73. The van der Waals surface area contributed by atoms with Crippen molar-refractivity contribution in [2.75, 3.05) is 25.0 Å². The highest BCUT2D eigenvalue weighted by atomic mass is 32.1. The number of amides is 2. The van der Waals surface area contributed by atoms with Crippen molar-refractivity contribution in [1.82, 2.24) is 10.6 Å². The largest absolute Gasteiger partial charge is 0.375 e.